The molecule has 1 aliphatic carbocycles. The summed E-state index contributed by atoms with van der Waals surface area (Å²) in [7, 11) is 0. The van der Waals surface area contributed by atoms with Crippen molar-refractivity contribution in [3.63, 3.8) is 0 Å². The summed E-state index contributed by atoms with van der Waals surface area (Å²) < 4.78 is 0. The Morgan fingerprint density at radius 2 is 1.92 bits per heavy atom. The predicted octanol–water partition coefficient (Wildman–Crippen LogP) is 1.40. The lowest BCUT2D eigenvalue weighted by molar-refractivity contribution is -0.140. The molecule has 0 unspecified atom stereocenters. The van der Waals surface area contributed by atoms with E-state index in [2.05, 4.69) is 0 Å². The fraction of sp³-hybridized carbons (Fsp3) is 0.889. The Morgan fingerprint density at radius 3 is 2.42 bits per heavy atom. The quantitative estimate of drug-likeness (QED) is 0.676. The number of aliphatic hydroxyl groups is 1. The van der Waals surface area contributed by atoms with Gasteiger partial charge in [0.15, 0.2) is 0 Å². The van der Waals surface area contributed by atoms with Crippen molar-refractivity contribution in [1.82, 2.24) is 0 Å². The molecule has 0 radical (unpaired) electrons. The summed E-state index contributed by atoms with van der Waals surface area (Å²) in [6.07, 6.45) is 4.79. The minimum absolute atomic E-state index is 0.0926. The highest BCUT2D eigenvalue weighted by molar-refractivity contribution is 5.67. The number of carboxylic acids is 1. The average molecular weight is 172 g/mol. The van der Waals surface area contributed by atoms with Gasteiger partial charge in [-0.25, -0.2) is 0 Å². The van der Waals surface area contributed by atoms with Gasteiger partial charge in [-0.05, 0) is 18.8 Å². The molecule has 3 heteroatoms. The molecule has 1 rings (SSSR count). The third kappa shape index (κ3) is 2.81. The maximum atomic E-state index is 10.3. The number of carboxylic acid groups (broad SMARTS) is 1. The Morgan fingerprint density at radius 1 is 1.33 bits per heavy atom. The highest BCUT2D eigenvalue weighted by atomic mass is 16.4. The lowest BCUT2D eigenvalue weighted by Crippen LogP contribution is -2.25. The Kier molecular flexibility index (Phi) is 3.53. The first-order valence-electron chi connectivity index (χ1n) is 4.60. The summed E-state index contributed by atoms with van der Waals surface area (Å²) in [6.45, 7) is 0. The fourth-order valence-corrected chi connectivity index (χ4v) is 1.86. The van der Waals surface area contributed by atoms with Crippen LogP contribution in [-0.4, -0.2) is 22.3 Å². The number of hydrogen-bond acceptors (Lipinski definition) is 2. The molecule has 0 spiro atoms. The van der Waals surface area contributed by atoms with Gasteiger partial charge in [0.05, 0.1) is 12.5 Å². The van der Waals surface area contributed by atoms with Crippen molar-refractivity contribution in [3.05, 3.63) is 0 Å². The first-order chi connectivity index (χ1) is 5.70. The molecule has 1 atom stereocenters. The summed E-state index contributed by atoms with van der Waals surface area (Å²) >= 11 is 0. The van der Waals surface area contributed by atoms with Crippen LogP contribution in [-0.2, 0) is 4.79 Å². The van der Waals surface area contributed by atoms with Crippen LogP contribution in [0.1, 0.15) is 38.5 Å². The molecule has 0 saturated heterocycles. The van der Waals surface area contributed by atoms with Crippen LogP contribution in [0.25, 0.3) is 0 Å². The third-order valence-electron chi connectivity index (χ3n) is 2.58. The summed E-state index contributed by atoms with van der Waals surface area (Å²) in [5.41, 5.74) is 0. The number of carbonyl (C=O) groups is 1. The molecule has 70 valence electrons. The van der Waals surface area contributed by atoms with Crippen molar-refractivity contribution in [2.45, 2.75) is 44.6 Å². The van der Waals surface area contributed by atoms with Crippen LogP contribution in [0.5, 0.6) is 0 Å². The van der Waals surface area contributed by atoms with Crippen molar-refractivity contribution < 1.29 is 15.0 Å². The lowest BCUT2D eigenvalue weighted by Gasteiger charge is -2.25. The van der Waals surface area contributed by atoms with Crippen LogP contribution in [0.15, 0.2) is 0 Å². The second kappa shape index (κ2) is 4.45. The highest BCUT2D eigenvalue weighted by Crippen LogP contribution is 2.27. The van der Waals surface area contributed by atoms with Crippen LogP contribution in [0.4, 0.5) is 0 Å². The van der Waals surface area contributed by atoms with Gasteiger partial charge in [0.25, 0.3) is 0 Å². The summed E-state index contributed by atoms with van der Waals surface area (Å²) in [5.74, 6) is -0.664. The van der Waals surface area contributed by atoms with Gasteiger partial charge in [-0.1, -0.05) is 19.3 Å². The fourth-order valence-electron chi connectivity index (χ4n) is 1.86. The lowest BCUT2D eigenvalue weighted by atomic mass is 9.84. The van der Waals surface area contributed by atoms with E-state index in [0.29, 0.717) is 0 Å². The molecule has 1 aliphatic rings. The first kappa shape index (κ1) is 9.52. The molecular formula is C9H16O3. The van der Waals surface area contributed by atoms with Crippen LogP contribution in [0, 0.1) is 5.92 Å². The van der Waals surface area contributed by atoms with E-state index in [1.165, 1.54) is 6.42 Å². The van der Waals surface area contributed by atoms with E-state index in [4.69, 9.17) is 5.11 Å². The van der Waals surface area contributed by atoms with Crippen LogP contribution in [0.2, 0.25) is 0 Å². The van der Waals surface area contributed by atoms with Crippen LogP contribution in [0.3, 0.4) is 0 Å². The largest absolute Gasteiger partial charge is 0.481 e. The molecule has 3 nitrogen and oxygen atoms in total. The van der Waals surface area contributed by atoms with Crippen molar-refractivity contribution in [2.24, 2.45) is 5.92 Å². The molecular weight excluding hydrogens is 156 g/mol. The van der Waals surface area contributed by atoms with Gasteiger partial charge in [-0.15, -0.1) is 0 Å². The second-order valence-electron chi connectivity index (χ2n) is 3.56. The van der Waals surface area contributed by atoms with Gasteiger partial charge < -0.3 is 10.2 Å². The van der Waals surface area contributed by atoms with Crippen molar-refractivity contribution in [1.29, 1.82) is 0 Å². The molecule has 1 saturated carbocycles. The monoisotopic (exact) mass is 172 g/mol. The summed E-state index contributed by atoms with van der Waals surface area (Å²) in [4.78, 5) is 10.3. The van der Waals surface area contributed by atoms with Gasteiger partial charge in [0.1, 0.15) is 0 Å². The second-order valence-corrected chi connectivity index (χ2v) is 3.56. The SMILES string of the molecule is O=C(O)C[C@H](O)C1CCCCC1. The zero-order valence-electron chi connectivity index (χ0n) is 7.20. The number of rotatable bonds is 3. The topological polar surface area (TPSA) is 57.5 Å². The average Bonchev–Trinajstić information content (AvgIpc) is 2.05. The predicted molar refractivity (Wildman–Crippen MR) is 44.8 cm³/mol. The number of aliphatic hydroxyl groups excluding tert-OH is 1. The summed E-state index contributed by atoms with van der Waals surface area (Å²) in [5, 5.41) is 17.9. The molecule has 0 bridgehead atoms. The standard InChI is InChI=1S/C9H16O3/c10-8(6-9(11)12)7-4-2-1-3-5-7/h7-8,10H,1-6H2,(H,11,12)/t8-/m0/s1. The zero-order chi connectivity index (χ0) is 8.97. The van der Waals surface area contributed by atoms with Crippen molar-refractivity contribution >= 4 is 5.97 Å². The van der Waals surface area contributed by atoms with Gasteiger partial charge in [-0.2, -0.15) is 0 Å². The molecule has 0 aliphatic heterocycles. The molecule has 0 aromatic rings. The van der Waals surface area contributed by atoms with E-state index < -0.39 is 12.1 Å². The third-order valence-corrected chi connectivity index (χ3v) is 2.58. The zero-order valence-corrected chi connectivity index (χ0v) is 7.20. The van der Waals surface area contributed by atoms with Crippen LogP contribution >= 0.6 is 0 Å². The van der Waals surface area contributed by atoms with Gasteiger partial charge in [0.2, 0.25) is 0 Å². The normalized spacial score (nSPS) is 22.1. The molecule has 1 fully saturated rings. The van der Waals surface area contributed by atoms with E-state index in [1.54, 1.807) is 0 Å². The van der Waals surface area contributed by atoms with Gasteiger partial charge in [-0.3, -0.25) is 4.79 Å². The van der Waals surface area contributed by atoms with E-state index >= 15 is 0 Å². The molecule has 0 aromatic carbocycles. The van der Waals surface area contributed by atoms with Crippen molar-refractivity contribution in [2.75, 3.05) is 0 Å². The van der Waals surface area contributed by atoms with E-state index in [1.807, 2.05) is 0 Å². The Bertz CT molecular complexity index is 150. The van der Waals surface area contributed by atoms with E-state index in [-0.39, 0.29) is 12.3 Å². The molecule has 0 amide bonds. The molecule has 12 heavy (non-hydrogen) atoms. The smallest absolute Gasteiger partial charge is 0.305 e. The minimum Gasteiger partial charge on any atom is -0.481 e. The van der Waals surface area contributed by atoms with E-state index in [9.17, 15) is 9.90 Å². The minimum atomic E-state index is -0.895. The molecule has 2 N–H and O–H groups in total. The van der Waals surface area contributed by atoms with E-state index in [0.717, 1.165) is 25.7 Å². The van der Waals surface area contributed by atoms with Crippen LogP contribution < -0.4 is 0 Å². The number of aliphatic carboxylic acids is 1. The van der Waals surface area contributed by atoms with Gasteiger partial charge in [0, 0.05) is 0 Å². The molecule has 0 heterocycles. The van der Waals surface area contributed by atoms with Gasteiger partial charge >= 0.3 is 5.97 Å². The maximum absolute atomic E-state index is 10.3. The molecule has 0 aromatic heterocycles. The Balaban J connectivity index is 2.29. The number of hydrogen-bond donors (Lipinski definition) is 2. The first-order valence-corrected chi connectivity index (χ1v) is 4.60. The summed E-state index contributed by atoms with van der Waals surface area (Å²) in [6, 6.07) is 0. The highest BCUT2D eigenvalue weighted by Gasteiger charge is 2.23. The Hall–Kier alpha value is -0.570. The Labute approximate surface area is 72.4 Å². The maximum Gasteiger partial charge on any atom is 0.305 e. The van der Waals surface area contributed by atoms with Crippen molar-refractivity contribution in [3.8, 4) is 0 Å².